The fourth-order valence-electron chi connectivity index (χ4n) is 3.49. The molecule has 0 radical (unpaired) electrons. The number of imide groups is 1. The Kier molecular flexibility index (Phi) is 6.48. The maximum Gasteiger partial charge on any atom is 0.241 e. The van der Waals surface area contributed by atoms with E-state index >= 15 is 0 Å². The van der Waals surface area contributed by atoms with Gasteiger partial charge in [0.2, 0.25) is 21.8 Å². The lowest BCUT2D eigenvalue weighted by atomic mass is 9.90. The zero-order chi connectivity index (χ0) is 21.9. The van der Waals surface area contributed by atoms with Crippen LogP contribution in [-0.4, -0.2) is 37.5 Å². The average molecular weight is 429 g/mol. The second-order valence-electron chi connectivity index (χ2n) is 7.44. The summed E-state index contributed by atoms with van der Waals surface area (Å²) in [5, 5.41) is 0. The Morgan fingerprint density at radius 2 is 1.57 bits per heavy atom. The Balaban J connectivity index is 1.98. The van der Waals surface area contributed by atoms with Crippen LogP contribution in [0.25, 0.3) is 0 Å². The van der Waals surface area contributed by atoms with Crippen molar-refractivity contribution in [1.82, 2.24) is 9.62 Å². The monoisotopic (exact) mass is 428 g/mol. The summed E-state index contributed by atoms with van der Waals surface area (Å²) < 4.78 is 28.7. The second kappa shape index (κ2) is 8.89. The first-order valence-corrected chi connectivity index (χ1v) is 11.1. The smallest absolute Gasteiger partial charge is 0.241 e. The van der Waals surface area contributed by atoms with Crippen LogP contribution in [0.4, 0.5) is 0 Å². The first-order chi connectivity index (χ1) is 14.2. The summed E-state index contributed by atoms with van der Waals surface area (Å²) in [6.45, 7) is 3.03. The third kappa shape index (κ3) is 4.83. The molecule has 2 atom stereocenters. The number of carbonyl (C=O) groups is 3. The molecule has 2 aromatic rings. The molecule has 8 heteroatoms. The highest BCUT2D eigenvalue weighted by Gasteiger charge is 2.37. The maximum atomic E-state index is 13.1. The average Bonchev–Trinajstić information content (AvgIpc) is 3.03. The van der Waals surface area contributed by atoms with E-state index in [0.717, 1.165) is 10.5 Å². The van der Waals surface area contributed by atoms with E-state index < -0.39 is 22.0 Å². The molecule has 30 heavy (non-hydrogen) atoms. The van der Waals surface area contributed by atoms with Crippen LogP contribution in [-0.2, 0) is 24.4 Å². The highest BCUT2D eigenvalue weighted by atomic mass is 32.2. The number of amides is 2. The summed E-state index contributed by atoms with van der Waals surface area (Å²) in [4.78, 5) is 37.9. The number of aryl methyl sites for hydroxylation is 1. The maximum absolute atomic E-state index is 13.1. The molecule has 0 aromatic heterocycles. The number of likely N-dealkylation sites (tertiary alicyclic amines) is 1. The van der Waals surface area contributed by atoms with Crippen molar-refractivity contribution in [3.63, 3.8) is 0 Å². The number of nitrogens with one attached hydrogen (secondary N) is 1. The minimum Gasteiger partial charge on any atom is -0.300 e. The zero-order valence-corrected chi connectivity index (χ0v) is 17.7. The van der Waals surface area contributed by atoms with Crippen molar-refractivity contribution in [2.45, 2.75) is 37.6 Å². The highest BCUT2D eigenvalue weighted by molar-refractivity contribution is 7.89. The normalized spacial score (nSPS) is 16.5. The standard InChI is InChI=1S/C22H24N2O5S/c1-15-8-10-18(11-9-15)30(28,29)23-22(17-6-4-3-5-7-17)19(16(2)25)14-24-20(26)12-13-21(24)27/h3-11,19,22-23H,12-14H2,1-2H3/t19-,22+/m1/s1. The van der Waals surface area contributed by atoms with Gasteiger partial charge in [-0.3, -0.25) is 19.3 Å². The third-order valence-corrected chi connectivity index (χ3v) is 6.69. The summed E-state index contributed by atoms with van der Waals surface area (Å²) in [6.07, 6.45) is 0.211. The molecule has 7 nitrogen and oxygen atoms in total. The van der Waals surface area contributed by atoms with Gasteiger partial charge in [0, 0.05) is 19.4 Å². The van der Waals surface area contributed by atoms with E-state index in [2.05, 4.69) is 4.72 Å². The van der Waals surface area contributed by atoms with Crippen molar-refractivity contribution in [3.05, 3.63) is 65.7 Å². The number of nitrogens with zero attached hydrogens (tertiary/aromatic N) is 1. The van der Waals surface area contributed by atoms with Gasteiger partial charge in [0.1, 0.15) is 5.78 Å². The van der Waals surface area contributed by atoms with E-state index in [9.17, 15) is 22.8 Å². The van der Waals surface area contributed by atoms with Gasteiger partial charge in [0.25, 0.3) is 0 Å². The Labute approximate surface area is 176 Å². The molecule has 1 fully saturated rings. The summed E-state index contributed by atoms with van der Waals surface area (Å²) in [5.41, 5.74) is 1.49. The van der Waals surface area contributed by atoms with Gasteiger partial charge < -0.3 is 0 Å². The summed E-state index contributed by atoms with van der Waals surface area (Å²) in [7, 11) is -3.95. The molecule has 1 saturated heterocycles. The minimum atomic E-state index is -3.95. The number of carbonyl (C=O) groups excluding carboxylic acids is 3. The molecule has 0 aliphatic carbocycles. The number of hydrogen-bond acceptors (Lipinski definition) is 5. The molecular formula is C22H24N2O5S. The Morgan fingerprint density at radius 3 is 2.10 bits per heavy atom. The molecule has 1 aliphatic heterocycles. The molecule has 2 amide bonds. The molecule has 1 aliphatic rings. The number of ketones is 1. The van der Waals surface area contributed by atoms with Crippen molar-refractivity contribution in [3.8, 4) is 0 Å². The van der Waals surface area contributed by atoms with Gasteiger partial charge in [-0.2, -0.15) is 0 Å². The van der Waals surface area contributed by atoms with Crippen LogP contribution < -0.4 is 4.72 Å². The predicted octanol–water partition coefficient (Wildman–Crippen LogP) is 2.37. The van der Waals surface area contributed by atoms with Gasteiger partial charge in [0.05, 0.1) is 16.9 Å². The van der Waals surface area contributed by atoms with Gasteiger partial charge in [-0.05, 0) is 31.5 Å². The third-order valence-electron chi connectivity index (χ3n) is 5.23. The van der Waals surface area contributed by atoms with Crippen LogP contribution in [0.3, 0.4) is 0 Å². The molecule has 1 heterocycles. The second-order valence-corrected chi connectivity index (χ2v) is 9.15. The molecule has 1 N–H and O–H groups in total. The first-order valence-electron chi connectivity index (χ1n) is 9.66. The molecule has 0 spiro atoms. The molecule has 2 aromatic carbocycles. The van der Waals surface area contributed by atoms with Gasteiger partial charge in [-0.1, -0.05) is 48.0 Å². The Hall–Kier alpha value is -2.84. The quantitative estimate of drug-likeness (QED) is 0.651. The van der Waals surface area contributed by atoms with Crippen LogP contribution in [0.2, 0.25) is 0 Å². The lowest BCUT2D eigenvalue weighted by molar-refractivity contribution is -0.139. The zero-order valence-electron chi connectivity index (χ0n) is 16.9. The van der Waals surface area contributed by atoms with Gasteiger partial charge in [-0.15, -0.1) is 0 Å². The fourth-order valence-corrected chi connectivity index (χ4v) is 4.75. The lowest BCUT2D eigenvalue weighted by Gasteiger charge is -2.29. The number of benzene rings is 2. The summed E-state index contributed by atoms with van der Waals surface area (Å²) >= 11 is 0. The molecule has 3 rings (SSSR count). The predicted molar refractivity (Wildman–Crippen MR) is 111 cm³/mol. The van der Waals surface area contributed by atoms with E-state index in [-0.39, 0.29) is 41.9 Å². The highest BCUT2D eigenvalue weighted by Crippen LogP contribution is 2.28. The molecule has 158 valence electrons. The van der Waals surface area contributed by atoms with Gasteiger partial charge >= 0.3 is 0 Å². The van der Waals surface area contributed by atoms with Crippen molar-refractivity contribution >= 4 is 27.6 Å². The van der Waals surface area contributed by atoms with Gasteiger partial charge in [-0.25, -0.2) is 13.1 Å². The van der Waals surface area contributed by atoms with Crippen molar-refractivity contribution in [2.24, 2.45) is 5.92 Å². The Morgan fingerprint density at radius 1 is 1.00 bits per heavy atom. The van der Waals surface area contributed by atoms with Crippen LogP contribution in [0.15, 0.2) is 59.5 Å². The van der Waals surface area contributed by atoms with Crippen LogP contribution >= 0.6 is 0 Å². The number of rotatable bonds is 8. The van der Waals surface area contributed by atoms with Crippen molar-refractivity contribution in [1.29, 1.82) is 0 Å². The molecular weight excluding hydrogens is 404 g/mol. The summed E-state index contributed by atoms with van der Waals surface area (Å²) in [5.74, 6) is -1.93. The Bertz CT molecular complexity index is 1030. The van der Waals surface area contributed by atoms with E-state index in [0.29, 0.717) is 5.56 Å². The van der Waals surface area contributed by atoms with E-state index in [1.807, 2.05) is 6.92 Å². The molecule has 0 unspecified atom stereocenters. The molecule has 0 saturated carbocycles. The summed E-state index contributed by atoms with van der Waals surface area (Å²) in [6, 6.07) is 14.1. The van der Waals surface area contributed by atoms with Crippen LogP contribution in [0.1, 0.15) is 36.9 Å². The largest absolute Gasteiger partial charge is 0.300 e. The van der Waals surface area contributed by atoms with E-state index in [4.69, 9.17) is 0 Å². The van der Waals surface area contributed by atoms with Crippen molar-refractivity contribution < 1.29 is 22.8 Å². The van der Waals surface area contributed by atoms with E-state index in [1.54, 1.807) is 42.5 Å². The number of sulfonamides is 1. The first kappa shape index (κ1) is 21.9. The van der Waals surface area contributed by atoms with E-state index in [1.165, 1.54) is 19.1 Å². The van der Waals surface area contributed by atoms with Crippen LogP contribution in [0.5, 0.6) is 0 Å². The lowest BCUT2D eigenvalue weighted by Crippen LogP contribution is -2.44. The fraction of sp³-hybridized carbons (Fsp3) is 0.318. The van der Waals surface area contributed by atoms with Gasteiger partial charge in [0.15, 0.2) is 0 Å². The SMILES string of the molecule is CC(=O)[C@@H](CN1C(=O)CCC1=O)[C@@H](NS(=O)(=O)c1ccc(C)cc1)c1ccccc1. The van der Waals surface area contributed by atoms with Crippen LogP contribution in [0, 0.1) is 12.8 Å². The number of hydrogen-bond donors (Lipinski definition) is 1. The molecule has 0 bridgehead atoms. The number of Topliss-reactive ketones (excluding diaryl/α,β-unsaturated/α-hetero) is 1. The van der Waals surface area contributed by atoms with Crippen molar-refractivity contribution in [2.75, 3.05) is 6.54 Å². The topological polar surface area (TPSA) is 101 Å². The minimum absolute atomic E-state index is 0.0738.